The van der Waals surface area contributed by atoms with Gasteiger partial charge in [0, 0.05) is 24.5 Å². The number of rotatable bonds is 3. The average molecular weight is 229 g/mol. The highest BCUT2D eigenvalue weighted by Crippen LogP contribution is 2.28. The minimum Gasteiger partial charge on any atom is -0.398 e. The smallest absolute Gasteiger partial charge is 0.0670 e. The molecule has 90 valence electrons. The van der Waals surface area contributed by atoms with Crippen LogP contribution in [0.15, 0.2) is 18.2 Å². The first kappa shape index (κ1) is 11.8. The fourth-order valence-electron chi connectivity index (χ4n) is 2.55. The van der Waals surface area contributed by atoms with Gasteiger partial charge in [-0.15, -0.1) is 0 Å². The first-order valence-electron chi connectivity index (χ1n) is 6.20. The molecule has 2 rings (SSSR count). The molecule has 0 aliphatic heterocycles. The summed E-state index contributed by atoms with van der Waals surface area (Å²) >= 11 is 0. The van der Waals surface area contributed by atoms with Crippen molar-refractivity contribution in [3.05, 3.63) is 23.8 Å². The molecule has 0 aromatic heterocycles. The maximum absolute atomic E-state index is 8.77. The molecule has 1 fully saturated rings. The number of benzene rings is 1. The quantitative estimate of drug-likeness (QED) is 0.811. The third kappa shape index (κ3) is 2.52. The third-order valence-corrected chi connectivity index (χ3v) is 3.68. The van der Waals surface area contributed by atoms with E-state index in [2.05, 4.69) is 30.1 Å². The molecule has 1 aromatic carbocycles. The summed E-state index contributed by atoms with van der Waals surface area (Å²) in [6, 6.07) is 8.82. The van der Waals surface area contributed by atoms with E-state index in [1.54, 1.807) is 0 Å². The van der Waals surface area contributed by atoms with Crippen molar-refractivity contribution in [2.24, 2.45) is 0 Å². The van der Waals surface area contributed by atoms with Crippen LogP contribution < -0.4 is 10.6 Å². The Morgan fingerprint density at radius 1 is 1.41 bits per heavy atom. The number of nitrogens with zero attached hydrogens (tertiary/aromatic N) is 2. The van der Waals surface area contributed by atoms with Crippen LogP contribution in [0.3, 0.4) is 0 Å². The zero-order valence-corrected chi connectivity index (χ0v) is 10.3. The van der Waals surface area contributed by atoms with Gasteiger partial charge in [-0.2, -0.15) is 5.26 Å². The molecule has 0 amide bonds. The molecule has 3 nitrogen and oxygen atoms in total. The Bertz CT molecular complexity index is 428. The lowest BCUT2D eigenvalue weighted by Crippen LogP contribution is -2.28. The highest BCUT2D eigenvalue weighted by Gasteiger charge is 2.20. The van der Waals surface area contributed by atoms with Crippen molar-refractivity contribution in [2.45, 2.75) is 38.1 Å². The van der Waals surface area contributed by atoms with Crippen molar-refractivity contribution < 1.29 is 0 Å². The van der Waals surface area contributed by atoms with E-state index < -0.39 is 0 Å². The van der Waals surface area contributed by atoms with Gasteiger partial charge in [0.2, 0.25) is 0 Å². The molecular formula is C14H19N3. The summed E-state index contributed by atoms with van der Waals surface area (Å²) in [6.45, 7) is 0. The third-order valence-electron chi connectivity index (χ3n) is 3.68. The largest absolute Gasteiger partial charge is 0.398 e. The summed E-state index contributed by atoms with van der Waals surface area (Å²) in [5, 5.41) is 8.77. The Hall–Kier alpha value is -1.69. The Balaban J connectivity index is 2.20. The lowest BCUT2D eigenvalue weighted by atomic mass is 10.1. The minimum atomic E-state index is 0.387. The molecule has 0 bridgehead atoms. The lowest BCUT2D eigenvalue weighted by molar-refractivity contribution is 0.653. The second-order valence-corrected chi connectivity index (χ2v) is 4.77. The molecule has 1 aliphatic rings. The summed E-state index contributed by atoms with van der Waals surface area (Å²) in [7, 11) is 2.14. The van der Waals surface area contributed by atoms with E-state index in [1.807, 2.05) is 6.07 Å². The molecular weight excluding hydrogens is 210 g/mol. The lowest BCUT2D eigenvalue weighted by Gasteiger charge is -2.27. The van der Waals surface area contributed by atoms with E-state index in [0.29, 0.717) is 12.5 Å². The van der Waals surface area contributed by atoms with Crippen LogP contribution >= 0.6 is 0 Å². The van der Waals surface area contributed by atoms with E-state index in [4.69, 9.17) is 11.0 Å². The van der Waals surface area contributed by atoms with Crippen molar-refractivity contribution in [3.8, 4) is 6.07 Å². The van der Waals surface area contributed by atoms with Gasteiger partial charge in [-0.05, 0) is 36.6 Å². The van der Waals surface area contributed by atoms with Gasteiger partial charge in [0.15, 0.2) is 0 Å². The SMILES string of the molecule is CN(c1ccc(N)c(CC#N)c1)C1CCCC1. The summed E-state index contributed by atoms with van der Waals surface area (Å²) in [6.07, 6.45) is 5.59. The Morgan fingerprint density at radius 2 is 2.12 bits per heavy atom. The van der Waals surface area contributed by atoms with Gasteiger partial charge in [0.25, 0.3) is 0 Å². The van der Waals surface area contributed by atoms with E-state index in [0.717, 1.165) is 11.3 Å². The number of nitriles is 1. The minimum absolute atomic E-state index is 0.387. The molecule has 17 heavy (non-hydrogen) atoms. The van der Waals surface area contributed by atoms with Crippen LogP contribution in [0.4, 0.5) is 11.4 Å². The van der Waals surface area contributed by atoms with E-state index in [9.17, 15) is 0 Å². The number of hydrogen-bond acceptors (Lipinski definition) is 3. The Morgan fingerprint density at radius 3 is 2.76 bits per heavy atom. The molecule has 0 unspecified atom stereocenters. The molecule has 0 atom stereocenters. The first-order valence-corrected chi connectivity index (χ1v) is 6.20. The second-order valence-electron chi connectivity index (χ2n) is 4.77. The summed E-state index contributed by atoms with van der Waals surface area (Å²) in [4.78, 5) is 2.33. The zero-order chi connectivity index (χ0) is 12.3. The van der Waals surface area contributed by atoms with Crippen molar-refractivity contribution >= 4 is 11.4 Å². The molecule has 1 aromatic rings. The monoisotopic (exact) mass is 229 g/mol. The van der Waals surface area contributed by atoms with Gasteiger partial charge in [-0.3, -0.25) is 0 Å². The Kier molecular flexibility index (Phi) is 3.53. The standard InChI is InChI=1S/C14H19N3/c1-17(12-4-2-3-5-12)13-6-7-14(16)11(10-13)8-9-15/h6-7,10,12H,2-5,8,16H2,1H3. The van der Waals surface area contributed by atoms with Crippen LogP contribution in [0.5, 0.6) is 0 Å². The fraction of sp³-hybridized carbons (Fsp3) is 0.500. The van der Waals surface area contributed by atoms with E-state index >= 15 is 0 Å². The molecule has 0 radical (unpaired) electrons. The van der Waals surface area contributed by atoms with E-state index in [-0.39, 0.29) is 0 Å². The van der Waals surface area contributed by atoms with Gasteiger partial charge in [0.05, 0.1) is 12.5 Å². The number of nitrogen functional groups attached to an aromatic ring is 1. The summed E-state index contributed by atoms with van der Waals surface area (Å²) in [5.74, 6) is 0. The van der Waals surface area contributed by atoms with Crippen LogP contribution in [0.2, 0.25) is 0 Å². The number of anilines is 2. The topological polar surface area (TPSA) is 53.0 Å². The highest BCUT2D eigenvalue weighted by molar-refractivity contribution is 5.59. The van der Waals surface area contributed by atoms with Crippen LogP contribution in [0.1, 0.15) is 31.2 Å². The van der Waals surface area contributed by atoms with Crippen molar-refractivity contribution in [1.29, 1.82) is 5.26 Å². The second kappa shape index (κ2) is 5.09. The van der Waals surface area contributed by atoms with Gasteiger partial charge < -0.3 is 10.6 Å². The molecule has 0 saturated heterocycles. The Labute approximate surface area is 103 Å². The molecule has 3 heteroatoms. The van der Waals surface area contributed by atoms with Gasteiger partial charge >= 0.3 is 0 Å². The number of hydrogen-bond donors (Lipinski definition) is 1. The maximum Gasteiger partial charge on any atom is 0.0670 e. The van der Waals surface area contributed by atoms with E-state index in [1.165, 1.54) is 31.4 Å². The van der Waals surface area contributed by atoms with Crippen molar-refractivity contribution in [2.75, 3.05) is 17.7 Å². The normalized spacial score (nSPS) is 15.8. The zero-order valence-electron chi connectivity index (χ0n) is 10.3. The van der Waals surface area contributed by atoms with Crippen molar-refractivity contribution in [1.82, 2.24) is 0 Å². The van der Waals surface area contributed by atoms with Crippen molar-refractivity contribution in [3.63, 3.8) is 0 Å². The molecule has 1 saturated carbocycles. The predicted octanol–water partition coefficient (Wildman–Crippen LogP) is 2.71. The van der Waals surface area contributed by atoms with Crippen LogP contribution in [0.25, 0.3) is 0 Å². The molecule has 0 spiro atoms. The van der Waals surface area contributed by atoms with Crippen LogP contribution in [-0.2, 0) is 6.42 Å². The molecule has 2 N–H and O–H groups in total. The van der Waals surface area contributed by atoms with Crippen LogP contribution in [0, 0.1) is 11.3 Å². The molecule has 1 aliphatic carbocycles. The maximum atomic E-state index is 8.77. The molecule has 0 heterocycles. The highest BCUT2D eigenvalue weighted by atomic mass is 15.1. The predicted molar refractivity (Wildman–Crippen MR) is 70.8 cm³/mol. The van der Waals surface area contributed by atoms with Gasteiger partial charge in [-0.25, -0.2) is 0 Å². The van der Waals surface area contributed by atoms with Gasteiger partial charge in [0.1, 0.15) is 0 Å². The van der Waals surface area contributed by atoms with Crippen LogP contribution in [-0.4, -0.2) is 13.1 Å². The summed E-state index contributed by atoms with van der Waals surface area (Å²) < 4.78 is 0. The first-order chi connectivity index (χ1) is 8.22. The van der Waals surface area contributed by atoms with Gasteiger partial charge in [-0.1, -0.05) is 12.8 Å². The fourth-order valence-corrected chi connectivity index (χ4v) is 2.55. The average Bonchev–Trinajstić information content (AvgIpc) is 2.85. The summed E-state index contributed by atoms with van der Waals surface area (Å²) in [5.41, 5.74) is 8.69. The number of nitrogens with two attached hydrogens (primary N) is 1.